The highest BCUT2D eigenvalue weighted by Crippen LogP contribution is 2.24. The van der Waals surface area contributed by atoms with Crippen molar-refractivity contribution in [3.05, 3.63) is 71.9 Å². The van der Waals surface area contributed by atoms with Crippen LogP contribution < -0.4 is 4.74 Å². The van der Waals surface area contributed by atoms with Gasteiger partial charge in [-0.25, -0.2) is 0 Å². The van der Waals surface area contributed by atoms with E-state index in [1.807, 2.05) is 54.6 Å². The highest BCUT2D eigenvalue weighted by atomic mass is 16.5. The minimum atomic E-state index is -0.0709. The molecule has 2 aromatic carbocycles. The van der Waals surface area contributed by atoms with Crippen LogP contribution in [0.5, 0.6) is 5.75 Å². The number of nitrogens with zero attached hydrogens (tertiary/aromatic N) is 2. The SMILES string of the molecule is COc1ccc(-c2[nH]ncc2C(=O)N(C)Cc2ccccc2)cc1. The van der Waals surface area contributed by atoms with Crippen LogP contribution in [0.1, 0.15) is 15.9 Å². The Balaban J connectivity index is 1.82. The molecule has 122 valence electrons. The molecule has 0 aliphatic rings. The molecule has 0 fully saturated rings. The lowest BCUT2D eigenvalue weighted by Gasteiger charge is -2.17. The standard InChI is InChI=1S/C19H19N3O2/c1-22(13-14-6-4-3-5-7-14)19(23)17-12-20-21-18(17)15-8-10-16(24-2)11-9-15/h3-12H,13H2,1-2H3,(H,20,21). The number of hydrogen-bond acceptors (Lipinski definition) is 3. The number of amides is 1. The van der Waals surface area contributed by atoms with Crippen molar-refractivity contribution in [2.75, 3.05) is 14.2 Å². The van der Waals surface area contributed by atoms with E-state index in [1.165, 1.54) is 0 Å². The molecule has 1 aromatic heterocycles. The lowest BCUT2D eigenvalue weighted by Crippen LogP contribution is -2.26. The van der Waals surface area contributed by atoms with Crippen LogP contribution in [0.4, 0.5) is 0 Å². The minimum absolute atomic E-state index is 0.0709. The van der Waals surface area contributed by atoms with Crippen LogP contribution in [0.25, 0.3) is 11.3 Å². The average Bonchev–Trinajstić information content (AvgIpc) is 3.11. The van der Waals surface area contributed by atoms with Gasteiger partial charge in [0.25, 0.3) is 5.91 Å². The molecular formula is C19H19N3O2. The second kappa shape index (κ2) is 7.00. The van der Waals surface area contributed by atoms with Crippen molar-refractivity contribution in [3.8, 4) is 17.0 Å². The zero-order valence-electron chi connectivity index (χ0n) is 13.7. The maximum atomic E-state index is 12.8. The quantitative estimate of drug-likeness (QED) is 0.784. The Morgan fingerprint density at radius 2 is 1.83 bits per heavy atom. The van der Waals surface area contributed by atoms with E-state index in [9.17, 15) is 4.79 Å². The first-order valence-corrected chi connectivity index (χ1v) is 7.66. The van der Waals surface area contributed by atoms with E-state index in [-0.39, 0.29) is 5.91 Å². The van der Waals surface area contributed by atoms with Crippen molar-refractivity contribution < 1.29 is 9.53 Å². The summed E-state index contributed by atoms with van der Waals surface area (Å²) in [6, 6.07) is 17.4. The fourth-order valence-electron chi connectivity index (χ4n) is 2.56. The largest absolute Gasteiger partial charge is 0.497 e. The minimum Gasteiger partial charge on any atom is -0.497 e. The molecule has 5 heteroatoms. The highest BCUT2D eigenvalue weighted by Gasteiger charge is 2.19. The summed E-state index contributed by atoms with van der Waals surface area (Å²) in [6.07, 6.45) is 1.57. The molecule has 0 saturated carbocycles. The molecule has 0 aliphatic heterocycles. The van der Waals surface area contributed by atoms with Gasteiger partial charge in [-0.1, -0.05) is 30.3 Å². The first-order valence-electron chi connectivity index (χ1n) is 7.66. The van der Waals surface area contributed by atoms with Gasteiger partial charge in [-0.15, -0.1) is 0 Å². The molecule has 1 amide bonds. The number of hydrogen-bond donors (Lipinski definition) is 1. The molecule has 0 bridgehead atoms. The summed E-state index contributed by atoms with van der Waals surface area (Å²) in [5.41, 5.74) is 3.24. The van der Waals surface area contributed by atoms with E-state index < -0.39 is 0 Å². The number of carbonyl (C=O) groups excluding carboxylic acids is 1. The fraction of sp³-hybridized carbons (Fsp3) is 0.158. The van der Waals surface area contributed by atoms with Crippen molar-refractivity contribution in [2.45, 2.75) is 6.54 Å². The molecule has 24 heavy (non-hydrogen) atoms. The summed E-state index contributed by atoms with van der Waals surface area (Å²) in [4.78, 5) is 14.5. The van der Waals surface area contributed by atoms with Crippen LogP contribution in [-0.2, 0) is 6.54 Å². The van der Waals surface area contributed by atoms with Crippen molar-refractivity contribution >= 4 is 5.91 Å². The predicted octanol–water partition coefficient (Wildman–Crippen LogP) is 3.36. The molecule has 0 saturated heterocycles. The van der Waals surface area contributed by atoms with Crippen molar-refractivity contribution in [1.82, 2.24) is 15.1 Å². The summed E-state index contributed by atoms with van der Waals surface area (Å²) in [6.45, 7) is 0.549. The van der Waals surface area contributed by atoms with Crippen molar-refractivity contribution in [3.63, 3.8) is 0 Å². The third kappa shape index (κ3) is 3.30. The Kier molecular flexibility index (Phi) is 4.61. The lowest BCUT2D eigenvalue weighted by molar-refractivity contribution is 0.0786. The molecule has 1 N–H and O–H groups in total. The number of ether oxygens (including phenoxy) is 1. The van der Waals surface area contributed by atoms with Gasteiger partial charge in [0, 0.05) is 19.2 Å². The monoisotopic (exact) mass is 321 g/mol. The van der Waals surface area contributed by atoms with E-state index in [0.29, 0.717) is 17.8 Å². The van der Waals surface area contributed by atoms with Crippen LogP contribution in [-0.4, -0.2) is 35.2 Å². The second-order valence-electron chi connectivity index (χ2n) is 5.53. The Labute approximate surface area is 140 Å². The Morgan fingerprint density at radius 1 is 1.12 bits per heavy atom. The van der Waals surface area contributed by atoms with E-state index >= 15 is 0 Å². The van der Waals surface area contributed by atoms with E-state index in [4.69, 9.17) is 4.74 Å². The van der Waals surface area contributed by atoms with Gasteiger partial charge in [-0.05, 0) is 29.8 Å². The summed E-state index contributed by atoms with van der Waals surface area (Å²) in [5.74, 6) is 0.700. The number of aromatic nitrogens is 2. The Hall–Kier alpha value is -3.08. The van der Waals surface area contributed by atoms with E-state index in [0.717, 1.165) is 16.9 Å². The zero-order valence-corrected chi connectivity index (χ0v) is 13.7. The van der Waals surface area contributed by atoms with Gasteiger partial charge < -0.3 is 9.64 Å². The number of H-pyrrole nitrogens is 1. The van der Waals surface area contributed by atoms with E-state index in [1.54, 1.807) is 25.3 Å². The molecule has 0 radical (unpaired) electrons. The van der Waals surface area contributed by atoms with Gasteiger partial charge in [0.1, 0.15) is 5.75 Å². The molecule has 0 aliphatic carbocycles. The number of rotatable bonds is 5. The summed E-state index contributed by atoms with van der Waals surface area (Å²) in [7, 11) is 3.42. The van der Waals surface area contributed by atoms with Crippen molar-refractivity contribution in [1.29, 1.82) is 0 Å². The maximum Gasteiger partial charge on any atom is 0.257 e. The number of aromatic amines is 1. The Bertz CT molecular complexity index is 810. The number of methoxy groups -OCH3 is 1. The topological polar surface area (TPSA) is 58.2 Å². The zero-order chi connectivity index (χ0) is 16.9. The van der Waals surface area contributed by atoms with Gasteiger partial charge in [-0.3, -0.25) is 9.89 Å². The van der Waals surface area contributed by atoms with E-state index in [2.05, 4.69) is 10.2 Å². The third-order valence-corrected chi connectivity index (χ3v) is 3.86. The van der Waals surface area contributed by atoms with Crippen LogP contribution in [0.2, 0.25) is 0 Å². The molecule has 5 nitrogen and oxygen atoms in total. The summed E-state index contributed by atoms with van der Waals surface area (Å²) >= 11 is 0. The highest BCUT2D eigenvalue weighted by molar-refractivity contribution is 5.99. The second-order valence-corrected chi connectivity index (χ2v) is 5.53. The molecule has 0 atom stereocenters. The normalized spacial score (nSPS) is 10.4. The fourth-order valence-corrected chi connectivity index (χ4v) is 2.56. The third-order valence-electron chi connectivity index (χ3n) is 3.86. The molecular weight excluding hydrogens is 302 g/mol. The van der Waals surface area contributed by atoms with Crippen molar-refractivity contribution in [2.24, 2.45) is 0 Å². The Morgan fingerprint density at radius 3 is 2.50 bits per heavy atom. The van der Waals surface area contributed by atoms with Crippen LogP contribution in [0, 0.1) is 0 Å². The first kappa shape index (κ1) is 15.8. The predicted molar refractivity (Wildman–Crippen MR) is 92.8 cm³/mol. The number of benzene rings is 2. The van der Waals surface area contributed by atoms with Gasteiger partial charge >= 0.3 is 0 Å². The molecule has 3 rings (SSSR count). The molecule has 3 aromatic rings. The van der Waals surface area contributed by atoms with Gasteiger partial charge in [0.15, 0.2) is 0 Å². The van der Waals surface area contributed by atoms with Gasteiger partial charge in [-0.2, -0.15) is 5.10 Å². The first-order chi connectivity index (χ1) is 11.7. The summed E-state index contributed by atoms with van der Waals surface area (Å²) in [5, 5.41) is 6.97. The lowest BCUT2D eigenvalue weighted by atomic mass is 10.1. The molecule has 0 unspecified atom stereocenters. The van der Waals surface area contributed by atoms with Crippen LogP contribution in [0.15, 0.2) is 60.8 Å². The number of nitrogens with one attached hydrogen (secondary N) is 1. The average molecular weight is 321 g/mol. The smallest absolute Gasteiger partial charge is 0.257 e. The molecule has 1 heterocycles. The van der Waals surface area contributed by atoms with Crippen LogP contribution in [0.3, 0.4) is 0 Å². The van der Waals surface area contributed by atoms with Gasteiger partial charge in [0.2, 0.25) is 0 Å². The van der Waals surface area contributed by atoms with Gasteiger partial charge in [0.05, 0.1) is 24.6 Å². The molecule has 0 spiro atoms. The van der Waals surface area contributed by atoms with Crippen LogP contribution >= 0.6 is 0 Å². The summed E-state index contributed by atoms with van der Waals surface area (Å²) < 4.78 is 5.17. The maximum absolute atomic E-state index is 12.8. The number of carbonyl (C=O) groups is 1.